The van der Waals surface area contributed by atoms with Gasteiger partial charge in [-0.2, -0.15) is 0 Å². The second-order valence-corrected chi connectivity index (χ2v) is 4.95. The van der Waals surface area contributed by atoms with Crippen molar-refractivity contribution in [2.75, 3.05) is 26.2 Å². The Morgan fingerprint density at radius 2 is 2.05 bits per heavy atom. The van der Waals surface area contributed by atoms with Crippen LogP contribution in [0.5, 0.6) is 0 Å². The number of carbonyl (C=O) groups is 1. The van der Waals surface area contributed by atoms with E-state index in [4.69, 9.17) is 4.74 Å². The van der Waals surface area contributed by atoms with E-state index in [-0.39, 0.29) is 5.97 Å². The lowest BCUT2D eigenvalue weighted by atomic mass is 10.2. The van der Waals surface area contributed by atoms with Crippen LogP contribution in [0.3, 0.4) is 0 Å². The van der Waals surface area contributed by atoms with Gasteiger partial charge in [-0.3, -0.25) is 4.90 Å². The summed E-state index contributed by atoms with van der Waals surface area (Å²) >= 11 is 0. The maximum Gasteiger partial charge on any atom is 0.354 e. The number of aromatic nitrogens is 1. The van der Waals surface area contributed by atoms with Crippen molar-refractivity contribution in [3.05, 3.63) is 36.0 Å². The molecule has 1 aliphatic heterocycles. The Labute approximate surface area is 112 Å². The van der Waals surface area contributed by atoms with Crippen LogP contribution in [0.4, 0.5) is 0 Å². The topological polar surface area (TPSA) is 45.3 Å². The molecule has 2 aromatic rings. The molecule has 19 heavy (non-hydrogen) atoms. The zero-order valence-electron chi connectivity index (χ0n) is 10.9. The first kappa shape index (κ1) is 12.2. The van der Waals surface area contributed by atoms with Crippen molar-refractivity contribution in [2.45, 2.75) is 12.8 Å². The predicted molar refractivity (Wildman–Crippen MR) is 74.3 cm³/mol. The lowest BCUT2D eigenvalue weighted by Gasteiger charge is -2.13. The average Bonchev–Trinajstić information content (AvgIpc) is 3.07. The first-order valence-corrected chi connectivity index (χ1v) is 6.80. The van der Waals surface area contributed by atoms with Crippen LogP contribution in [0.1, 0.15) is 23.3 Å². The molecule has 0 spiro atoms. The summed E-state index contributed by atoms with van der Waals surface area (Å²) in [5, 5.41) is 1.04. The molecule has 1 aliphatic rings. The fourth-order valence-electron chi connectivity index (χ4n) is 2.53. The number of nitrogens with zero attached hydrogens (tertiary/aromatic N) is 1. The smallest absolute Gasteiger partial charge is 0.354 e. The number of aromatic amines is 1. The van der Waals surface area contributed by atoms with Crippen LogP contribution in [0.15, 0.2) is 30.3 Å². The molecule has 0 radical (unpaired) electrons. The number of nitrogens with one attached hydrogen (secondary N) is 1. The highest BCUT2D eigenvalue weighted by Gasteiger charge is 2.14. The third kappa shape index (κ3) is 2.79. The molecule has 1 saturated heterocycles. The SMILES string of the molecule is O=C(OCCN1CCCC1)c1cc2ccccc2[nH]1. The Morgan fingerprint density at radius 3 is 2.84 bits per heavy atom. The molecule has 1 fully saturated rings. The Kier molecular flexibility index (Phi) is 3.51. The second kappa shape index (κ2) is 5.45. The van der Waals surface area contributed by atoms with Gasteiger partial charge in [0.15, 0.2) is 0 Å². The minimum Gasteiger partial charge on any atom is -0.460 e. The highest BCUT2D eigenvalue weighted by Crippen LogP contribution is 2.15. The maximum absolute atomic E-state index is 11.9. The molecule has 1 N–H and O–H groups in total. The fourth-order valence-corrected chi connectivity index (χ4v) is 2.53. The van der Waals surface area contributed by atoms with Crippen LogP contribution >= 0.6 is 0 Å². The van der Waals surface area contributed by atoms with E-state index < -0.39 is 0 Å². The largest absolute Gasteiger partial charge is 0.460 e. The number of carbonyl (C=O) groups excluding carboxylic acids is 1. The molecule has 2 heterocycles. The summed E-state index contributed by atoms with van der Waals surface area (Å²) in [7, 11) is 0. The Morgan fingerprint density at radius 1 is 1.26 bits per heavy atom. The quantitative estimate of drug-likeness (QED) is 0.857. The third-order valence-electron chi connectivity index (χ3n) is 3.59. The van der Waals surface area contributed by atoms with E-state index in [1.807, 2.05) is 30.3 Å². The van der Waals surface area contributed by atoms with Crippen molar-refractivity contribution in [2.24, 2.45) is 0 Å². The molecule has 3 rings (SSSR count). The lowest BCUT2D eigenvalue weighted by molar-refractivity contribution is 0.0466. The summed E-state index contributed by atoms with van der Waals surface area (Å²) < 4.78 is 5.31. The number of hydrogen-bond donors (Lipinski definition) is 1. The zero-order chi connectivity index (χ0) is 13.1. The van der Waals surface area contributed by atoms with Gasteiger partial charge >= 0.3 is 5.97 Å². The molecule has 4 heteroatoms. The number of rotatable bonds is 4. The van der Waals surface area contributed by atoms with E-state index in [1.165, 1.54) is 12.8 Å². The van der Waals surface area contributed by atoms with E-state index in [9.17, 15) is 4.79 Å². The summed E-state index contributed by atoms with van der Waals surface area (Å²) in [6.45, 7) is 3.56. The number of hydrogen-bond acceptors (Lipinski definition) is 3. The molecule has 0 aliphatic carbocycles. The number of para-hydroxylation sites is 1. The van der Waals surface area contributed by atoms with Gasteiger partial charge < -0.3 is 9.72 Å². The van der Waals surface area contributed by atoms with Gasteiger partial charge in [0.1, 0.15) is 12.3 Å². The summed E-state index contributed by atoms with van der Waals surface area (Å²) in [5.74, 6) is -0.268. The number of esters is 1. The van der Waals surface area contributed by atoms with Crippen LogP contribution in [-0.2, 0) is 4.74 Å². The van der Waals surface area contributed by atoms with Gasteiger partial charge in [-0.05, 0) is 38.1 Å². The zero-order valence-corrected chi connectivity index (χ0v) is 10.9. The van der Waals surface area contributed by atoms with Crippen molar-refractivity contribution >= 4 is 16.9 Å². The third-order valence-corrected chi connectivity index (χ3v) is 3.59. The normalized spacial score (nSPS) is 16.0. The highest BCUT2D eigenvalue weighted by molar-refractivity contribution is 5.94. The van der Waals surface area contributed by atoms with Crippen molar-refractivity contribution in [1.29, 1.82) is 0 Å². The average molecular weight is 258 g/mol. The monoisotopic (exact) mass is 258 g/mol. The predicted octanol–water partition coefficient (Wildman–Crippen LogP) is 2.42. The van der Waals surface area contributed by atoms with Crippen molar-refractivity contribution in [3.8, 4) is 0 Å². The summed E-state index contributed by atoms with van der Waals surface area (Å²) in [6.07, 6.45) is 2.52. The Balaban J connectivity index is 1.57. The van der Waals surface area contributed by atoms with Gasteiger partial charge in [0.25, 0.3) is 0 Å². The molecule has 0 bridgehead atoms. The number of fused-ring (bicyclic) bond motifs is 1. The number of benzene rings is 1. The standard InChI is InChI=1S/C15H18N2O2/c18-15(19-10-9-17-7-3-4-8-17)14-11-12-5-1-2-6-13(12)16-14/h1-2,5-6,11,16H,3-4,7-10H2. The highest BCUT2D eigenvalue weighted by atomic mass is 16.5. The number of ether oxygens (including phenoxy) is 1. The second-order valence-electron chi connectivity index (χ2n) is 4.95. The molecule has 0 unspecified atom stereocenters. The fraction of sp³-hybridized carbons (Fsp3) is 0.400. The molecule has 0 amide bonds. The molecule has 0 atom stereocenters. The summed E-state index contributed by atoms with van der Waals surface area (Å²) in [4.78, 5) is 17.3. The van der Waals surface area contributed by atoms with E-state index in [0.717, 1.165) is 30.5 Å². The van der Waals surface area contributed by atoms with E-state index >= 15 is 0 Å². The summed E-state index contributed by atoms with van der Waals surface area (Å²) in [5.41, 5.74) is 1.50. The van der Waals surface area contributed by atoms with Crippen molar-refractivity contribution in [3.63, 3.8) is 0 Å². The Hall–Kier alpha value is -1.81. The van der Waals surface area contributed by atoms with E-state index in [2.05, 4.69) is 9.88 Å². The first-order chi connectivity index (χ1) is 9.33. The molecular weight excluding hydrogens is 240 g/mol. The number of likely N-dealkylation sites (tertiary alicyclic amines) is 1. The minimum atomic E-state index is -0.268. The Bertz CT molecular complexity index is 537. The van der Waals surface area contributed by atoms with Gasteiger partial charge in [0.2, 0.25) is 0 Å². The van der Waals surface area contributed by atoms with Crippen LogP contribution in [0.25, 0.3) is 10.9 Å². The van der Waals surface area contributed by atoms with Crippen molar-refractivity contribution in [1.82, 2.24) is 9.88 Å². The van der Waals surface area contributed by atoms with Crippen LogP contribution in [0, 0.1) is 0 Å². The van der Waals surface area contributed by atoms with Crippen LogP contribution in [-0.4, -0.2) is 42.1 Å². The van der Waals surface area contributed by atoms with E-state index in [0.29, 0.717) is 12.3 Å². The lowest BCUT2D eigenvalue weighted by Crippen LogP contribution is -2.25. The van der Waals surface area contributed by atoms with Gasteiger partial charge in [-0.15, -0.1) is 0 Å². The van der Waals surface area contributed by atoms with Gasteiger partial charge in [-0.1, -0.05) is 18.2 Å². The van der Waals surface area contributed by atoms with Gasteiger partial charge in [-0.25, -0.2) is 4.79 Å². The molecular formula is C15H18N2O2. The van der Waals surface area contributed by atoms with E-state index in [1.54, 1.807) is 0 Å². The van der Waals surface area contributed by atoms with Crippen molar-refractivity contribution < 1.29 is 9.53 Å². The molecule has 1 aromatic heterocycles. The molecule has 1 aromatic carbocycles. The van der Waals surface area contributed by atoms with Crippen LogP contribution in [0.2, 0.25) is 0 Å². The first-order valence-electron chi connectivity index (χ1n) is 6.80. The molecule has 4 nitrogen and oxygen atoms in total. The van der Waals surface area contributed by atoms with Gasteiger partial charge in [0, 0.05) is 17.4 Å². The van der Waals surface area contributed by atoms with Crippen LogP contribution < -0.4 is 0 Å². The molecule has 100 valence electrons. The minimum absolute atomic E-state index is 0.268. The maximum atomic E-state index is 11.9. The molecule has 0 saturated carbocycles. The van der Waals surface area contributed by atoms with Gasteiger partial charge in [0.05, 0.1) is 0 Å². The number of H-pyrrole nitrogens is 1. The summed E-state index contributed by atoms with van der Waals surface area (Å²) in [6, 6.07) is 9.68.